The Morgan fingerprint density at radius 2 is 2.36 bits per heavy atom. The van der Waals surface area contributed by atoms with Gasteiger partial charge in [0.2, 0.25) is 10.2 Å². The highest BCUT2D eigenvalue weighted by Gasteiger charge is 2.34. The molecule has 0 aromatic carbocycles. The number of hydrogen-bond donors (Lipinski definition) is 1. The van der Waals surface area contributed by atoms with Crippen LogP contribution in [-0.2, 0) is 4.79 Å². The maximum Gasteiger partial charge on any atom is 0.220 e. The summed E-state index contributed by atoms with van der Waals surface area (Å²) in [5.41, 5.74) is 0. The Kier molecular flexibility index (Phi) is 5.20. The van der Waals surface area contributed by atoms with E-state index in [1.54, 1.807) is 11.8 Å². The van der Waals surface area contributed by atoms with Crippen LogP contribution in [0.15, 0.2) is 4.99 Å². The van der Waals surface area contributed by atoms with Gasteiger partial charge < -0.3 is 5.32 Å². The summed E-state index contributed by atoms with van der Waals surface area (Å²) in [6, 6.07) is 0. The number of carbonyl (C=O) groups excluding carboxylic acids is 1. The van der Waals surface area contributed by atoms with Crippen molar-refractivity contribution in [3.05, 3.63) is 0 Å². The Balaban J connectivity index is 2.54. The van der Waals surface area contributed by atoms with E-state index in [9.17, 15) is 4.79 Å². The van der Waals surface area contributed by atoms with Crippen LogP contribution in [0.4, 0.5) is 0 Å². The molecule has 8 heteroatoms. The number of carbonyl (C=O) groups is 1. The van der Waals surface area contributed by atoms with Crippen molar-refractivity contribution in [3.8, 4) is 0 Å². The van der Waals surface area contributed by atoms with Crippen LogP contribution in [0.3, 0.4) is 0 Å². The standard InChI is InChI=1S/C6H7Cl3N2OS2/c7-6(8,9)4(11-3-12)14-5-10-1-2-13-5/h3-4H,1-2H2,(H,11,12)/t4-/m0/s1. The fraction of sp³-hybridized carbons (Fsp3) is 0.667. The normalized spacial score (nSPS) is 18.9. The topological polar surface area (TPSA) is 41.5 Å². The van der Waals surface area contributed by atoms with Gasteiger partial charge in [-0.1, -0.05) is 58.3 Å². The maximum absolute atomic E-state index is 10.3. The summed E-state index contributed by atoms with van der Waals surface area (Å²) in [5.74, 6) is 0.940. The van der Waals surface area contributed by atoms with Crippen molar-refractivity contribution >= 4 is 69.1 Å². The first-order chi connectivity index (χ1) is 6.54. The third-order valence-corrected chi connectivity index (χ3v) is 4.80. The highest BCUT2D eigenvalue weighted by Crippen LogP contribution is 2.38. The molecule has 0 aromatic heterocycles. The summed E-state index contributed by atoms with van der Waals surface area (Å²) < 4.78 is -0.687. The van der Waals surface area contributed by atoms with Gasteiger partial charge in [-0.2, -0.15) is 0 Å². The van der Waals surface area contributed by atoms with Gasteiger partial charge >= 0.3 is 0 Å². The second-order valence-corrected chi connectivity index (χ2v) is 7.12. The summed E-state index contributed by atoms with van der Waals surface area (Å²) in [5, 5.41) is 1.84. The molecule has 0 radical (unpaired) electrons. The van der Waals surface area contributed by atoms with Crippen molar-refractivity contribution in [3.63, 3.8) is 0 Å². The predicted octanol–water partition coefficient (Wildman–Crippen LogP) is 2.26. The van der Waals surface area contributed by atoms with Crippen LogP contribution in [-0.4, -0.2) is 32.2 Å². The minimum absolute atomic E-state index is 0.514. The van der Waals surface area contributed by atoms with E-state index in [4.69, 9.17) is 34.8 Å². The maximum atomic E-state index is 10.3. The number of hydrogen-bond acceptors (Lipinski definition) is 4. The van der Waals surface area contributed by atoms with Gasteiger partial charge in [-0.15, -0.1) is 0 Å². The molecule has 14 heavy (non-hydrogen) atoms. The van der Waals surface area contributed by atoms with Crippen LogP contribution in [0.2, 0.25) is 0 Å². The molecule has 1 aliphatic heterocycles. The Morgan fingerprint density at radius 1 is 1.64 bits per heavy atom. The number of alkyl halides is 3. The van der Waals surface area contributed by atoms with Crippen LogP contribution in [0, 0.1) is 0 Å². The molecule has 0 saturated carbocycles. The molecular formula is C6H7Cl3N2OS2. The number of rotatable bonds is 3. The molecule has 1 aliphatic rings. The van der Waals surface area contributed by atoms with E-state index in [1.807, 2.05) is 0 Å². The molecule has 80 valence electrons. The number of nitrogens with zero attached hydrogens (tertiary/aromatic N) is 1. The fourth-order valence-electron chi connectivity index (χ4n) is 0.745. The van der Waals surface area contributed by atoms with E-state index >= 15 is 0 Å². The highest BCUT2D eigenvalue weighted by atomic mass is 35.6. The molecule has 1 N–H and O–H groups in total. The van der Waals surface area contributed by atoms with Crippen molar-refractivity contribution in [2.24, 2.45) is 4.99 Å². The molecule has 0 bridgehead atoms. The van der Waals surface area contributed by atoms with Gasteiger partial charge in [0, 0.05) is 5.75 Å². The molecule has 1 rings (SSSR count). The molecular weight excluding hydrogens is 287 g/mol. The molecule has 1 amide bonds. The van der Waals surface area contributed by atoms with Gasteiger partial charge in [-0.05, 0) is 0 Å². The average molecular weight is 294 g/mol. The lowest BCUT2D eigenvalue weighted by molar-refractivity contribution is -0.109. The molecule has 1 heterocycles. The zero-order valence-electron chi connectivity index (χ0n) is 6.87. The van der Waals surface area contributed by atoms with Crippen LogP contribution in [0.1, 0.15) is 0 Å². The lowest BCUT2D eigenvalue weighted by Gasteiger charge is -2.22. The average Bonchev–Trinajstić information content (AvgIpc) is 2.54. The predicted molar refractivity (Wildman–Crippen MR) is 65.6 cm³/mol. The Morgan fingerprint density at radius 3 is 2.79 bits per heavy atom. The third kappa shape index (κ3) is 4.06. The second kappa shape index (κ2) is 5.70. The first kappa shape index (κ1) is 12.8. The molecule has 0 aliphatic carbocycles. The van der Waals surface area contributed by atoms with Crippen molar-refractivity contribution in [1.82, 2.24) is 5.32 Å². The second-order valence-electron chi connectivity index (χ2n) is 2.32. The SMILES string of the molecule is O=CN[C@@H](SC1=NCCS1)C(Cl)(Cl)Cl. The van der Waals surface area contributed by atoms with Gasteiger partial charge in [0.1, 0.15) is 9.75 Å². The van der Waals surface area contributed by atoms with Crippen molar-refractivity contribution in [2.75, 3.05) is 12.3 Å². The van der Waals surface area contributed by atoms with E-state index in [0.717, 1.165) is 16.7 Å². The largest absolute Gasteiger partial charge is 0.342 e. The van der Waals surface area contributed by atoms with Crippen LogP contribution in [0.5, 0.6) is 0 Å². The molecule has 0 saturated heterocycles. The number of thioether (sulfide) groups is 2. The quantitative estimate of drug-likeness (QED) is 0.493. The Labute approximate surface area is 105 Å². The number of nitrogens with one attached hydrogen (secondary N) is 1. The van der Waals surface area contributed by atoms with Crippen molar-refractivity contribution < 1.29 is 4.79 Å². The minimum atomic E-state index is -1.53. The Bertz CT molecular complexity index is 244. The minimum Gasteiger partial charge on any atom is -0.342 e. The molecule has 0 spiro atoms. The smallest absolute Gasteiger partial charge is 0.220 e. The van der Waals surface area contributed by atoms with E-state index in [2.05, 4.69) is 10.3 Å². The number of aliphatic imine (C=N–C) groups is 1. The van der Waals surface area contributed by atoms with Crippen LogP contribution < -0.4 is 5.32 Å². The lowest BCUT2D eigenvalue weighted by Crippen LogP contribution is -2.37. The zero-order chi connectivity index (χ0) is 10.6. The molecule has 0 unspecified atom stereocenters. The van der Waals surface area contributed by atoms with E-state index in [0.29, 0.717) is 6.41 Å². The Hall–Kier alpha value is 0.710. The van der Waals surface area contributed by atoms with Gasteiger partial charge in [0.05, 0.1) is 6.54 Å². The first-order valence-electron chi connectivity index (χ1n) is 3.64. The van der Waals surface area contributed by atoms with Gasteiger partial charge in [0.25, 0.3) is 0 Å². The number of halogens is 3. The van der Waals surface area contributed by atoms with Gasteiger partial charge in [-0.3, -0.25) is 9.79 Å². The van der Waals surface area contributed by atoms with Gasteiger partial charge in [-0.25, -0.2) is 0 Å². The summed E-state index contributed by atoms with van der Waals surface area (Å²) in [6.45, 7) is 0.778. The summed E-state index contributed by atoms with van der Waals surface area (Å²) in [7, 11) is 0. The summed E-state index contributed by atoms with van der Waals surface area (Å²) >= 11 is 19.9. The van der Waals surface area contributed by atoms with Crippen molar-refractivity contribution in [1.29, 1.82) is 0 Å². The summed E-state index contributed by atoms with van der Waals surface area (Å²) in [4.78, 5) is 14.5. The van der Waals surface area contributed by atoms with E-state index in [-0.39, 0.29) is 0 Å². The van der Waals surface area contributed by atoms with Crippen LogP contribution in [0.25, 0.3) is 0 Å². The van der Waals surface area contributed by atoms with Crippen LogP contribution >= 0.6 is 58.3 Å². The highest BCUT2D eigenvalue weighted by molar-refractivity contribution is 8.39. The summed E-state index contributed by atoms with van der Waals surface area (Å²) in [6.07, 6.45) is 0.514. The molecule has 0 aromatic rings. The fourth-order valence-corrected chi connectivity index (χ4v) is 3.31. The van der Waals surface area contributed by atoms with E-state index in [1.165, 1.54) is 11.8 Å². The van der Waals surface area contributed by atoms with E-state index < -0.39 is 9.17 Å². The lowest BCUT2D eigenvalue weighted by atomic mass is 10.7. The number of amides is 1. The molecule has 1 atom stereocenters. The molecule has 0 fully saturated rings. The monoisotopic (exact) mass is 292 g/mol. The van der Waals surface area contributed by atoms with Gasteiger partial charge in [0.15, 0.2) is 0 Å². The third-order valence-electron chi connectivity index (χ3n) is 1.29. The molecule has 3 nitrogen and oxygen atoms in total. The zero-order valence-corrected chi connectivity index (χ0v) is 10.8. The van der Waals surface area contributed by atoms with Crippen molar-refractivity contribution in [2.45, 2.75) is 9.17 Å². The first-order valence-corrected chi connectivity index (χ1v) is 6.64.